The first-order valence-electron chi connectivity index (χ1n) is 10.7. The van der Waals surface area contributed by atoms with Gasteiger partial charge in [0.1, 0.15) is 5.75 Å². The number of benzene rings is 2. The molecule has 1 unspecified atom stereocenters. The van der Waals surface area contributed by atoms with Gasteiger partial charge in [-0.15, -0.1) is 0 Å². The van der Waals surface area contributed by atoms with Crippen LogP contribution in [0, 0.1) is 6.92 Å². The molecule has 31 heavy (non-hydrogen) atoms. The Hall–Kier alpha value is -2.38. The zero-order valence-electron chi connectivity index (χ0n) is 19.2. The van der Waals surface area contributed by atoms with E-state index < -0.39 is 16.1 Å². The third-order valence-corrected chi connectivity index (χ3v) is 7.44. The number of sulfonamides is 1. The molecule has 0 aliphatic carbocycles. The summed E-state index contributed by atoms with van der Waals surface area (Å²) in [5, 5.41) is 0. The minimum Gasteiger partial charge on any atom is -0.496 e. The highest BCUT2D eigenvalue weighted by atomic mass is 32.2. The van der Waals surface area contributed by atoms with Crippen molar-refractivity contribution >= 4 is 21.6 Å². The minimum atomic E-state index is -3.72. The Morgan fingerprint density at radius 1 is 1.16 bits per heavy atom. The lowest BCUT2D eigenvalue weighted by atomic mass is 9.94. The van der Waals surface area contributed by atoms with Crippen molar-refractivity contribution in [2.24, 2.45) is 0 Å². The zero-order chi connectivity index (χ0) is 22.9. The van der Waals surface area contributed by atoms with E-state index in [0.717, 1.165) is 33.7 Å². The molecular formula is C24H32N2O4S. The Balaban J connectivity index is 1.88. The molecule has 0 aromatic heterocycles. The molecule has 2 aromatic rings. The summed E-state index contributed by atoms with van der Waals surface area (Å²) in [6, 6.07) is 8.60. The van der Waals surface area contributed by atoms with Crippen molar-refractivity contribution in [1.29, 1.82) is 0 Å². The summed E-state index contributed by atoms with van der Waals surface area (Å²) in [6.07, 6.45) is 1.09. The first-order chi connectivity index (χ1) is 14.6. The molecule has 1 atom stereocenters. The number of methoxy groups -OCH3 is 1. The number of carbonyl (C=O) groups is 1. The second kappa shape index (κ2) is 9.01. The average molecular weight is 445 g/mol. The van der Waals surface area contributed by atoms with Crippen molar-refractivity contribution in [3.63, 3.8) is 0 Å². The monoisotopic (exact) mass is 444 g/mol. The predicted octanol–water partition coefficient (Wildman–Crippen LogP) is 4.47. The van der Waals surface area contributed by atoms with E-state index >= 15 is 0 Å². The van der Waals surface area contributed by atoms with Crippen LogP contribution in [-0.2, 0) is 21.2 Å². The summed E-state index contributed by atoms with van der Waals surface area (Å²) in [5.41, 5.74) is 4.65. The van der Waals surface area contributed by atoms with Crippen molar-refractivity contribution in [2.45, 2.75) is 64.3 Å². The molecule has 2 aromatic carbocycles. The second-order valence-electron chi connectivity index (χ2n) is 8.39. The van der Waals surface area contributed by atoms with Gasteiger partial charge in [0.15, 0.2) is 0 Å². The lowest BCUT2D eigenvalue weighted by Crippen LogP contribution is -2.28. The van der Waals surface area contributed by atoms with Crippen LogP contribution in [0.2, 0.25) is 0 Å². The fraction of sp³-hybridized carbons (Fsp3) is 0.458. The minimum absolute atomic E-state index is 0.0528. The summed E-state index contributed by atoms with van der Waals surface area (Å²) in [7, 11) is -2.07. The summed E-state index contributed by atoms with van der Waals surface area (Å²) in [4.78, 5) is 14.1. The number of fused-ring (bicyclic) bond motifs is 1. The molecule has 1 N–H and O–H groups in total. The molecule has 1 aliphatic rings. The van der Waals surface area contributed by atoms with Crippen LogP contribution in [0.15, 0.2) is 35.2 Å². The van der Waals surface area contributed by atoms with Crippen molar-refractivity contribution in [3.8, 4) is 5.75 Å². The smallest absolute Gasteiger partial charge is 0.241 e. The van der Waals surface area contributed by atoms with E-state index in [-0.39, 0.29) is 16.7 Å². The van der Waals surface area contributed by atoms with Crippen LogP contribution in [0.5, 0.6) is 5.75 Å². The maximum atomic E-state index is 13.1. The largest absolute Gasteiger partial charge is 0.496 e. The molecule has 0 fully saturated rings. The molecule has 1 heterocycles. The fourth-order valence-corrected chi connectivity index (χ4v) is 5.44. The molecule has 0 spiro atoms. The third kappa shape index (κ3) is 4.62. The SMILES string of the molecule is CCC(=O)N1CCc2cc(S(=O)(=O)NC(C)c3cc(C(C)C)c(OC)cc3C)ccc21. The highest BCUT2D eigenvalue weighted by molar-refractivity contribution is 7.89. The standard InChI is InChI=1S/C24H32N2O4S/c1-7-24(27)26-11-10-18-13-19(8-9-22(18)26)31(28,29)25-17(5)21-14-20(15(2)3)23(30-6)12-16(21)4/h8-9,12-15,17,25H,7,10-11H2,1-6H3. The van der Waals surface area contributed by atoms with Gasteiger partial charge in [0.05, 0.1) is 12.0 Å². The molecule has 0 saturated heterocycles. The Bertz CT molecular complexity index is 1090. The van der Waals surface area contributed by atoms with Crippen LogP contribution in [0.3, 0.4) is 0 Å². The van der Waals surface area contributed by atoms with E-state index in [1.165, 1.54) is 0 Å². The van der Waals surface area contributed by atoms with Crippen LogP contribution in [0.25, 0.3) is 0 Å². The van der Waals surface area contributed by atoms with E-state index in [1.807, 2.05) is 32.9 Å². The number of rotatable bonds is 7. The van der Waals surface area contributed by atoms with E-state index in [4.69, 9.17) is 4.74 Å². The summed E-state index contributed by atoms with van der Waals surface area (Å²) >= 11 is 0. The molecule has 7 heteroatoms. The molecule has 0 saturated carbocycles. The number of hydrogen-bond donors (Lipinski definition) is 1. The van der Waals surface area contributed by atoms with E-state index in [0.29, 0.717) is 19.4 Å². The van der Waals surface area contributed by atoms with Gasteiger partial charge < -0.3 is 9.64 Å². The number of nitrogens with zero attached hydrogens (tertiary/aromatic N) is 1. The summed E-state index contributed by atoms with van der Waals surface area (Å²) in [6.45, 7) is 10.4. The fourth-order valence-electron chi connectivity index (χ4n) is 4.17. The summed E-state index contributed by atoms with van der Waals surface area (Å²) in [5.74, 6) is 1.12. The maximum absolute atomic E-state index is 13.1. The van der Waals surface area contributed by atoms with Gasteiger partial charge in [-0.05, 0) is 78.8 Å². The molecule has 1 amide bonds. The average Bonchev–Trinajstić information content (AvgIpc) is 3.15. The topological polar surface area (TPSA) is 75.7 Å². The van der Waals surface area contributed by atoms with Gasteiger partial charge in [-0.2, -0.15) is 0 Å². The van der Waals surface area contributed by atoms with Gasteiger partial charge >= 0.3 is 0 Å². The highest BCUT2D eigenvalue weighted by Crippen LogP contribution is 2.34. The van der Waals surface area contributed by atoms with E-state index in [2.05, 4.69) is 18.6 Å². The maximum Gasteiger partial charge on any atom is 0.241 e. The Labute approximate surface area is 185 Å². The van der Waals surface area contributed by atoms with Gasteiger partial charge in [-0.1, -0.05) is 20.8 Å². The number of amides is 1. The van der Waals surface area contributed by atoms with Crippen molar-refractivity contribution < 1.29 is 17.9 Å². The van der Waals surface area contributed by atoms with Crippen LogP contribution < -0.4 is 14.4 Å². The highest BCUT2D eigenvalue weighted by Gasteiger charge is 2.27. The van der Waals surface area contributed by atoms with Crippen LogP contribution >= 0.6 is 0 Å². The lowest BCUT2D eigenvalue weighted by Gasteiger charge is -2.21. The van der Waals surface area contributed by atoms with E-state index in [1.54, 1.807) is 30.2 Å². The Kier molecular flexibility index (Phi) is 6.76. The van der Waals surface area contributed by atoms with Gasteiger partial charge in [0.25, 0.3) is 0 Å². The number of hydrogen-bond acceptors (Lipinski definition) is 4. The molecule has 0 bridgehead atoms. The number of nitrogens with one attached hydrogen (secondary N) is 1. The Morgan fingerprint density at radius 3 is 2.48 bits per heavy atom. The Morgan fingerprint density at radius 2 is 1.87 bits per heavy atom. The van der Waals surface area contributed by atoms with Crippen molar-refractivity contribution in [1.82, 2.24) is 4.72 Å². The van der Waals surface area contributed by atoms with Gasteiger partial charge in [0.2, 0.25) is 15.9 Å². The molecule has 168 valence electrons. The lowest BCUT2D eigenvalue weighted by molar-refractivity contribution is -0.118. The number of aryl methyl sites for hydroxylation is 1. The third-order valence-electron chi connectivity index (χ3n) is 5.90. The predicted molar refractivity (Wildman–Crippen MR) is 123 cm³/mol. The molecule has 1 aliphatic heterocycles. The first-order valence-corrected chi connectivity index (χ1v) is 12.2. The van der Waals surface area contributed by atoms with Crippen LogP contribution in [0.4, 0.5) is 5.69 Å². The number of ether oxygens (including phenoxy) is 1. The first kappa shape index (κ1) is 23.3. The van der Waals surface area contributed by atoms with Crippen molar-refractivity contribution in [2.75, 3.05) is 18.6 Å². The molecule has 3 rings (SSSR count). The quantitative estimate of drug-likeness (QED) is 0.684. The van der Waals surface area contributed by atoms with Crippen molar-refractivity contribution in [3.05, 3.63) is 52.6 Å². The van der Waals surface area contributed by atoms with Gasteiger partial charge in [0, 0.05) is 24.7 Å². The molecule has 0 radical (unpaired) electrons. The normalized spacial score (nSPS) is 14.6. The second-order valence-corrected chi connectivity index (χ2v) is 10.1. The summed E-state index contributed by atoms with van der Waals surface area (Å²) < 4.78 is 34.6. The number of anilines is 1. The van der Waals surface area contributed by atoms with Crippen LogP contribution in [0.1, 0.15) is 68.3 Å². The van der Waals surface area contributed by atoms with E-state index in [9.17, 15) is 13.2 Å². The van der Waals surface area contributed by atoms with Crippen LogP contribution in [-0.4, -0.2) is 28.0 Å². The molecule has 6 nitrogen and oxygen atoms in total. The zero-order valence-corrected chi connectivity index (χ0v) is 20.0. The van der Waals surface area contributed by atoms with Gasteiger partial charge in [-0.25, -0.2) is 13.1 Å². The molecular weight excluding hydrogens is 412 g/mol. The van der Waals surface area contributed by atoms with Gasteiger partial charge in [-0.3, -0.25) is 4.79 Å². The number of carbonyl (C=O) groups excluding carboxylic acids is 1.